The summed E-state index contributed by atoms with van der Waals surface area (Å²) in [6.07, 6.45) is 58.5. The molecule has 0 saturated heterocycles. The number of carbonyl (C=O) groups excluding carboxylic acids is 4. The Bertz CT molecular complexity index is 1820. The molecule has 0 aromatic heterocycles. The van der Waals surface area contributed by atoms with Crippen molar-refractivity contribution >= 4 is 39.5 Å². The molecule has 0 heterocycles. The van der Waals surface area contributed by atoms with E-state index in [1.807, 2.05) is 0 Å². The van der Waals surface area contributed by atoms with Gasteiger partial charge in [0.25, 0.3) is 0 Å². The van der Waals surface area contributed by atoms with Gasteiger partial charge in [0.15, 0.2) is 12.2 Å². The number of phosphoric ester groups is 2. The van der Waals surface area contributed by atoms with Crippen LogP contribution in [0.25, 0.3) is 0 Å². The number of carbonyl (C=O) groups is 4. The number of aliphatic hydroxyl groups excluding tert-OH is 1. The first-order valence-electron chi connectivity index (χ1n) is 39.6. The van der Waals surface area contributed by atoms with Gasteiger partial charge in [0.05, 0.1) is 26.4 Å². The average molecular weight is 1400 g/mol. The number of esters is 4. The molecule has 0 amide bonds. The van der Waals surface area contributed by atoms with Crippen LogP contribution in [-0.4, -0.2) is 96.7 Å². The smallest absolute Gasteiger partial charge is 0.462 e. The fourth-order valence-electron chi connectivity index (χ4n) is 11.7. The number of hydrogen-bond donors (Lipinski definition) is 3. The zero-order valence-corrected chi connectivity index (χ0v) is 63.6. The highest BCUT2D eigenvalue weighted by atomic mass is 31.2. The summed E-state index contributed by atoms with van der Waals surface area (Å²) in [5.74, 6) is -1.38. The molecular weight excluding hydrogens is 1250 g/mol. The zero-order chi connectivity index (χ0) is 69.8. The highest BCUT2D eigenvalue weighted by Crippen LogP contribution is 2.45. The predicted octanol–water partition coefficient (Wildman–Crippen LogP) is 22.5. The highest BCUT2D eigenvalue weighted by Gasteiger charge is 2.30. The Morgan fingerprint density at radius 2 is 0.484 bits per heavy atom. The van der Waals surface area contributed by atoms with Gasteiger partial charge in [-0.3, -0.25) is 37.3 Å². The van der Waals surface area contributed by atoms with Crippen LogP contribution in [0.15, 0.2) is 0 Å². The number of hydrogen-bond acceptors (Lipinski definition) is 15. The molecule has 0 aliphatic carbocycles. The number of aliphatic hydroxyl groups is 1. The normalized spacial score (nSPS) is 13.9. The molecule has 0 spiro atoms. The first kappa shape index (κ1) is 93.1. The maximum Gasteiger partial charge on any atom is 0.472 e. The molecule has 2 unspecified atom stereocenters. The van der Waals surface area contributed by atoms with Crippen LogP contribution in [0.1, 0.15) is 401 Å². The lowest BCUT2D eigenvalue weighted by Crippen LogP contribution is -2.30. The lowest BCUT2D eigenvalue weighted by atomic mass is 10.0. The number of ether oxygens (including phenoxy) is 4. The SMILES string of the molecule is CCCCCCCCCCCCCCCCCCCCCC(=O)O[C@H](COC(=O)CCCCCCCCCCCCCCCCCCC)COP(=O)(O)OC[C@@H](O)COP(=O)(O)OC[C@@H](COC(=O)CCCCCCCCC)OC(=O)CCCCCCCCCCCC(C)C. The van der Waals surface area contributed by atoms with E-state index in [2.05, 4.69) is 34.6 Å². The highest BCUT2D eigenvalue weighted by molar-refractivity contribution is 7.47. The number of unbranched alkanes of at least 4 members (excludes halogenated alkanes) is 48. The van der Waals surface area contributed by atoms with E-state index in [0.29, 0.717) is 25.7 Å². The third-order valence-electron chi connectivity index (χ3n) is 17.8. The van der Waals surface area contributed by atoms with Crippen LogP contribution in [0, 0.1) is 5.92 Å². The van der Waals surface area contributed by atoms with Crippen molar-refractivity contribution in [1.82, 2.24) is 0 Å². The van der Waals surface area contributed by atoms with E-state index in [9.17, 15) is 43.2 Å². The van der Waals surface area contributed by atoms with Gasteiger partial charge in [-0.15, -0.1) is 0 Å². The molecular formula is C76H148O17P2. The molecule has 0 rings (SSSR count). The molecule has 564 valence electrons. The van der Waals surface area contributed by atoms with Gasteiger partial charge in [0.2, 0.25) is 0 Å². The van der Waals surface area contributed by atoms with Crippen LogP contribution in [0.2, 0.25) is 0 Å². The third kappa shape index (κ3) is 70.3. The van der Waals surface area contributed by atoms with Gasteiger partial charge in [-0.2, -0.15) is 0 Å². The second-order valence-corrected chi connectivity index (χ2v) is 30.8. The summed E-state index contributed by atoms with van der Waals surface area (Å²) in [7, 11) is -9.90. The minimum atomic E-state index is -4.96. The maximum absolute atomic E-state index is 13.1. The van der Waals surface area contributed by atoms with E-state index < -0.39 is 97.5 Å². The minimum absolute atomic E-state index is 0.105. The Balaban J connectivity index is 5.18. The van der Waals surface area contributed by atoms with Crippen LogP contribution < -0.4 is 0 Å². The van der Waals surface area contributed by atoms with Crippen LogP contribution in [0.5, 0.6) is 0 Å². The minimum Gasteiger partial charge on any atom is -0.462 e. The Hall–Kier alpha value is -1.94. The van der Waals surface area contributed by atoms with Crippen LogP contribution >= 0.6 is 15.6 Å². The van der Waals surface area contributed by atoms with E-state index in [0.717, 1.165) is 109 Å². The molecule has 0 saturated carbocycles. The van der Waals surface area contributed by atoms with E-state index in [1.54, 1.807) is 0 Å². The van der Waals surface area contributed by atoms with E-state index in [1.165, 1.54) is 212 Å². The molecule has 19 heteroatoms. The molecule has 5 atom stereocenters. The number of phosphoric acid groups is 2. The summed E-state index contributed by atoms with van der Waals surface area (Å²) in [6.45, 7) is 7.23. The second kappa shape index (κ2) is 69.2. The van der Waals surface area contributed by atoms with Gasteiger partial charge < -0.3 is 33.8 Å². The summed E-state index contributed by atoms with van der Waals surface area (Å²) >= 11 is 0. The van der Waals surface area contributed by atoms with Crippen molar-refractivity contribution in [2.75, 3.05) is 39.6 Å². The topological polar surface area (TPSA) is 237 Å². The van der Waals surface area contributed by atoms with Crippen molar-refractivity contribution in [2.24, 2.45) is 5.92 Å². The Morgan fingerprint density at radius 3 is 0.716 bits per heavy atom. The molecule has 0 fully saturated rings. The maximum atomic E-state index is 13.1. The average Bonchev–Trinajstić information content (AvgIpc) is 2.29. The summed E-state index contributed by atoms with van der Waals surface area (Å²) in [5, 5.41) is 10.6. The fraction of sp³-hybridized carbons (Fsp3) is 0.947. The molecule has 0 aliphatic rings. The summed E-state index contributed by atoms with van der Waals surface area (Å²) in [5.41, 5.74) is 0. The Morgan fingerprint density at radius 1 is 0.284 bits per heavy atom. The van der Waals surface area contributed by atoms with Crippen LogP contribution in [-0.2, 0) is 65.4 Å². The molecule has 0 radical (unpaired) electrons. The third-order valence-corrected chi connectivity index (χ3v) is 19.7. The van der Waals surface area contributed by atoms with Gasteiger partial charge in [-0.25, -0.2) is 9.13 Å². The summed E-state index contributed by atoms with van der Waals surface area (Å²) in [6, 6.07) is 0. The van der Waals surface area contributed by atoms with Gasteiger partial charge in [-0.05, 0) is 31.6 Å². The first-order chi connectivity index (χ1) is 46.0. The molecule has 95 heavy (non-hydrogen) atoms. The first-order valence-corrected chi connectivity index (χ1v) is 42.6. The molecule has 0 aromatic carbocycles. The van der Waals surface area contributed by atoms with Crippen molar-refractivity contribution < 1.29 is 80.2 Å². The van der Waals surface area contributed by atoms with Crippen LogP contribution in [0.4, 0.5) is 0 Å². The van der Waals surface area contributed by atoms with Crippen LogP contribution in [0.3, 0.4) is 0 Å². The molecule has 17 nitrogen and oxygen atoms in total. The largest absolute Gasteiger partial charge is 0.472 e. The standard InChI is InChI=1S/C76H148O17P2/c1-6-9-12-15-18-20-22-24-26-28-29-31-33-35-37-41-46-51-56-61-75(80)93-72(66-87-74(79)60-55-50-45-40-36-34-32-30-27-25-23-21-19-16-13-10-7-2)68-91-95(84,85)89-64-70(77)63-88-94(82,83)90-67-71(65-86-73(78)59-54-49-43-17-14-11-8-3)92-76(81)62-57-52-47-42-38-39-44-48-53-58-69(4)5/h69-72,77H,6-68H2,1-5H3,(H,82,83)(H,84,85)/t70-,71+,72+/m0/s1. The van der Waals surface area contributed by atoms with Crippen molar-refractivity contribution in [3.63, 3.8) is 0 Å². The van der Waals surface area contributed by atoms with Gasteiger partial charge in [0, 0.05) is 25.7 Å². The lowest BCUT2D eigenvalue weighted by molar-refractivity contribution is -0.161. The predicted molar refractivity (Wildman–Crippen MR) is 386 cm³/mol. The Kier molecular flexibility index (Phi) is 67.7. The van der Waals surface area contributed by atoms with Gasteiger partial charge in [0.1, 0.15) is 19.3 Å². The van der Waals surface area contributed by atoms with E-state index in [-0.39, 0.29) is 25.7 Å². The molecule has 0 bridgehead atoms. The van der Waals surface area contributed by atoms with Crippen molar-refractivity contribution in [3.05, 3.63) is 0 Å². The molecule has 0 aliphatic heterocycles. The van der Waals surface area contributed by atoms with Crippen molar-refractivity contribution in [1.29, 1.82) is 0 Å². The summed E-state index contributed by atoms with van der Waals surface area (Å²) < 4.78 is 68.4. The number of rotatable bonds is 76. The van der Waals surface area contributed by atoms with Gasteiger partial charge >= 0.3 is 39.5 Å². The summed E-state index contributed by atoms with van der Waals surface area (Å²) in [4.78, 5) is 72.7. The van der Waals surface area contributed by atoms with E-state index in [4.69, 9.17) is 37.0 Å². The van der Waals surface area contributed by atoms with E-state index >= 15 is 0 Å². The molecule has 0 aromatic rings. The zero-order valence-electron chi connectivity index (χ0n) is 61.8. The van der Waals surface area contributed by atoms with Crippen molar-refractivity contribution in [2.45, 2.75) is 419 Å². The second-order valence-electron chi connectivity index (χ2n) is 27.9. The van der Waals surface area contributed by atoms with Gasteiger partial charge in [-0.1, -0.05) is 349 Å². The lowest BCUT2D eigenvalue weighted by Gasteiger charge is -2.21. The molecule has 3 N–H and O–H groups in total. The quantitative estimate of drug-likeness (QED) is 0.0222. The Labute approximate surface area is 581 Å². The van der Waals surface area contributed by atoms with Crippen molar-refractivity contribution in [3.8, 4) is 0 Å². The monoisotopic (exact) mass is 1400 g/mol. The fourth-order valence-corrected chi connectivity index (χ4v) is 13.3.